The van der Waals surface area contributed by atoms with Gasteiger partial charge in [0.1, 0.15) is 12.0 Å². The van der Waals surface area contributed by atoms with Gasteiger partial charge < -0.3 is 10.8 Å². The molecule has 6 heteroatoms. The Bertz CT molecular complexity index is 447. The molecule has 92 valence electrons. The lowest BCUT2D eigenvalue weighted by Crippen LogP contribution is -2.23. The van der Waals surface area contributed by atoms with Crippen LogP contribution in [0.15, 0.2) is 6.33 Å². The molecule has 0 bridgehead atoms. The van der Waals surface area contributed by atoms with Crippen LogP contribution in [0.2, 0.25) is 0 Å². The highest BCUT2D eigenvalue weighted by Gasteiger charge is 2.26. The first-order valence-electron chi connectivity index (χ1n) is 5.71. The van der Waals surface area contributed by atoms with Crippen LogP contribution in [0.4, 0.5) is 4.79 Å². The zero-order valence-corrected chi connectivity index (χ0v) is 9.43. The highest BCUT2D eigenvalue weighted by atomic mass is 16.4. The monoisotopic (exact) mass is 237 g/mol. The molecule has 0 radical (unpaired) electrons. The number of carbonyl (C=O) groups excluding carboxylic acids is 1. The van der Waals surface area contributed by atoms with Crippen LogP contribution in [0, 0.1) is 0 Å². The van der Waals surface area contributed by atoms with E-state index in [1.165, 1.54) is 6.42 Å². The maximum Gasteiger partial charge on any atom is 0.417 e. The summed E-state index contributed by atoms with van der Waals surface area (Å²) >= 11 is 0. The number of hydrogen-bond acceptors (Lipinski definition) is 3. The third-order valence-electron chi connectivity index (χ3n) is 3.23. The van der Waals surface area contributed by atoms with E-state index in [2.05, 4.69) is 4.98 Å². The molecule has 17 heavy (non-hydrogen) atoms. The second kappa shape index (κ2) is 4.57. The van der Waals surface area contributed by atoms with Gasteiger partial charge in [-0.25, -0.2) is 14.3 Å². The predicted octanol–water partition coefficient (Wildman–Crippen LogP) is 1.56. The van der Waals surface area contributed by atoms with Gasteiger partial charge in [-0.2, -0.15) is 0 Å². The number of nitrogens with zero attached hydrogens (tertiary/aromatic N) is 2. The van der Waals surface area contributed by atoms with Crippen molar-refractivity contribution in [2.75, 3.05) is 0 Å². The smallest absolute Gasteiger partial charge is 0.417 e. The van der Waals surface area contributed by atoms with E-state index >= 15 is 0 Å². The van der Waals surface area contributed by atoms with Crippen LogP contribution < -0.4 is 5.73 Å². The highest BCUT2D eigenvalue weighted by molar-refractivity contribution is 5.95. The van der Waals surface area contributed by atoms with Gasteiger partial charge >= 0.3 is 6.09 Å². The molecule has 1 fully saturated rings. The molecule has 1 saturated carbocycles. The quantitative estimate of drug-likeness (QED) is 0.815. The molecular formula is C11H15N3O3. The Kier molecular flexibility index (Phi) is 3.12. The largest absolute Gasteiger partial charge is 0.464 e. The summed E-state index contributed by atoms with van der Waals surface area (Å²) in [6.07, 6.45) is 5.17. The summed E-state index contributed by atoms with van der Waals surface area (Å²) in [5, 5.41) is 8.94. The minimum absolute atomic E-state index is 0.0180. The molecule has 1 aliphatic carbocycles. The topological polar surface area (TPSA) is 98.2 Å². The first kappa shape index (κ1) is 11.6. The van der Waals surface area contributed by atoms with E-state index in [1.807, 2.05) is 0 Å². The molecule has 6 nitrogen and oxygen atoms in total. The Hall–Kier alpha value is -1.85. The number of aromatic nitrogens is 2. The van der Waals surface area contributed by atoms with Gasteiger partial charge in [-0.3, -0.25) is 4.79 Å². The van der Waals surface area contributed by atoms with Crippen LogP contribution in [0.3, 0.4) is 0 Å². The van der Waals surface area contributed by atoms with Crippen LogP contribution >= 0.6 is 0 Å². The third kappa shape index (κ3) is 2.15. The van der Waals surface area contributed by atoms with Gasteiger partial charge in [0.2, 0.25) is 0 Å². The van der Waals surface area contributed by atoms with Crippen molar-refractivity contribution < 1.29 is 14.7 Å². The zero-order valence-electron chi connectivity index (χ0n) is 9.43. The molecule has 0 unspecified atom stereocenters. The number of rotatable bonds is 2. The van der Waals surface area contributed by atoms with Crippen LogP contribution in [-0.2, 0) is 0 Å². The second-order valence-corrected chi connectivity index (χ2v) is 4.33. The maximum atomic E-state index is 11.3. The Morgan fingerprint density at radius 1 is 1.35 bits per heavy atom. The molecule has 1 amide bonds. The van der Waals surface area contributed by atoms with E-state index in [-0.39, 0.29) is 11.6 Å². The Balaban J connectivity index is 2.39. The van der Waals surface area contributed by atoms with Gasteiger partial charge in [-0.15, -0.1) is 0 Å². The van der Waals surface area contributed by atoms with Crippen molar-refractivity contribution in [3.63, 3.8) is 0 Å². The first-order valence-corrected chi connectivity index (χ1v) is 5.71. The standard InChI is InChI=1S/C11H15N3O3/c12-10(15)9-8(7-4-2-1-3-5-7)13-6-14(9)11(16)17/h6-7H,1-5H2,(H2,12,15)(H,16,17). The number of primary amides is 1. The van der Waals surface area contributed by atoms with E-state index in [0.29, 0.717) is 5.69 Å². The van der Waals surface area contributed by atoms with Gasteiger partial charge in [-0.05, 0) is 12.8 Å². The van der Waals surface area contributed by atoms with Crippen molar-refractivity contribution in [3.05, 3.63) is 17.7 Å². The molecule has 0 aliphatic heterocycles. The minimum Gasteiger partial charge on any atom is -0.464 e. The lowest BCUT2D eigenvalue weighted by atomic mass is 9.86. The molecule has 0 atom stereocenters. The summed E-state index contributed by atoms with van der Waals surface area (Å²) in [5.41, 5.74) is 5.80. The Morgan fingerprint density at radius 3 is 2.53 bits per heavy atom. The Labute approximate surface area is 98.4 Å². The molecule has 2 rings (SSSR count). The van der Waals surface area contributed by atoms with Crippen molar-refractivity contribution in [2.45, 2.75) is 38.0 Å². The number of carbonyl (C=O) groups is 2. The second-order valence-electron chi connectivity index (χ2n) is 4.33. The van der Waals surface area contributed by atoms with Crippen LogP contribution in [0.5, 0.6) is 0 Å². The number of carboxylic acid groups (broad SMARTS) is 1. The fourth-order valence-electron chi connectivity index (χ4n) is 2.43. The average Bonchev–Trinajstić information content (AvgIpc) is 2.74. The Morgan fingerprint density at radius 2 is 2.00 bits per heavy atom. The van der Waals surface area contributed by atoms with Crippen LogP contribution in [0.25, 0.3) is 0 Å². The number of nitrogens with two attached hydrogens (primary N) is 1. The normalized spacial score (nSPS) is 16.9. The van der Waals surface area contributed by atoms with E-state index in [4.69, 9.17) is 10.8 Å². The molecule has 1 heterocycles. The molecule has 1 aromatic rings. The van der Waals surface area contributed by atoms with E-state index in [0.717, 1.165) is 36.6 Å². The number of amides is 1. The maximum absolute atomic E-state index is 11.3. The van der Waals surface area contributed by atoms with Crippen molar-refractivity contribution in [1.29, 1.82) is 0 Å². The summed E-state index contributed by atoms with van der Waals surface area (Å²) in [4.78, 5) is 26.3. The molecular weight excluding hydrogens is 222 g/mol. The third-order valence-corrected chi connectivity index (χ3v) is 3.23. The molecule has 1 aromatic heterocycles. The molecule has 0 saturated heterocycles. The summed E-state index contributed by atoms with van der Waals surface area (Å²) in [6.45, 7) is 0. The first-order chi connectivity index (χ1) is 8.11. The number of imidazole rings is 1. The van der Waals surface area contributed by atoms with Crippen molar-refractivity contribution in [2.24, 2.45) is 5.73 Å². The zero-order chi connectivity index (χ0) is 12.4. The van der Waals surface area contributed by atoms with Gasteiger partial charge in [0, 0.05) is 5.92 Å². The average molecular weight is 237 g/mol. The summed E-state index contributed by atoms with van der Waals surface area (Å²) in [5.74, 6) is -0.572. The lowest BCUT2D eigenvalue weighted by Gasteiger charge is -2.20. The molecule has 0 spiro atoms. The minimum atomic E-state index is -1.23. The van der Waals surface area contributed by atoms with E-state index in [9.17, 15) is 9.59 Å². The molecule has 1 aliphatic rings. The van der Waals surface area contributed by atoms with Gasteiger partial charge in [0.05, 0.1) is 5.69 Å². The number of hydrogen-bond donors (Lipinski definition) is 2. The fourth-order valence-corrected chi connectivity index (χ4v) is 2.43. The van der Waals surface area contributed by atoms with E-state index < -0.39 is 12.0 Å². The van der Waals surface area contributed by atoms with Gasteiger partial charge in [0.15, 0.2) is 0 Å². The van der Waals surface area contributed by atoms with Crippen LogP contribution in [0.1, 0.15) is 54.2 Å². The van der Waals surface area contributed by atoms with Crippen molar-refractivity contribution in [1.82, 2.24) is 9.55 Å². The predicted molar refractivity (Wildman–Crippen MR) is 60.0 cm³/mol. The van der Waals surface area contributed by atoms with Gasteiger partial charge in [0.25, 0.3) is 5.91 Å². The van der Waals surface area contributed by atoms with Crippen molar-refractivity contribution >= 4 is 12.0 Å². The van der Waals surface area contributed by atoms with Crippen molar-refractivity contribution in [3.8, 4) is 0 Å². The fraction of sp³-hybridized carbons (Fsp3) is 0.545. The summed E-state index contributed by atoms with van der Waals surface area (Å²) < 4.78 is 0.812. The summed E-state index contributed by atoms with van der Waals surface area (Å²) in [7, 11) is 0. The lowest BCUT2D eigenvalue weighted by molar-refractivity contribution is 0.0987. The summed E-state index contributed by atoms with van der Waals surface area (Å²) in [6, 6.07) is 0. The molecule has 3 N–H and O–H groups in total. The highest BCUT2D eigenvalue weighted by Crippen LogP contribution is 2.33. The van der Waals surface area contributed by atoms with Crippen LogP contribution in [-0.4, -0.2) is 26.7 Å². The molecule has 0 aromatic carbocycles. The SMILES string of the molecule is NC(=O)c1c(C2CCCCC2)ncn1C(=O)O. The van der Waals surface area contributed by atoms with E-state index in [1.54, 1.807) is 0 Å². The van der Waals surface area contributed by atoms with Gasteiger partial charge in [-0.1, -0.05) is 19.3 Å².